The van der Waals surface area contributed by atoms with Crippen LogP contribution in [0.4, 0.5) is 5.95 Å². The number of rotatable bonds is 5. The first kappa shape index (κ1) is 21.3. The number of carbonyl (C=O) groups excluding carboxylic acids is 1. The molecule has 1 saturated heterocycles. The standard InChI is InChI=1S/C26H30N6O2/c33-24-20-15-18(7-10-22(20)29-23(31-24)16-3-4-16)21-11-12-27-26(30-21)28-19-8-5-17(6-9-19)25(34)32-13-1-2-14-32/h7,10-12,15-17,19H,1-6,8-9,13-14H2,(H,27,28,30)(H,29,31,33)/t17-,19-. The van der Waals surface area contributed by atoms with Crippen molar-refractivity contribution in [2.24, 2.45) is 5.92 Å². The minimum absolute atomic E-state index is 0.0291. The molecule has 3 fully saturated rings. The summed E-state index contributed by atoms with van der Waals surface area (Å²) in [5, 5.41) is 14.6. The van der Waals surface area contributed by atoms with Crippen molar-refractivity contribution in [3.63, 3.8) is 0 Å². The first-order valence-corrected chi connectivity index (χ1v) is 12.5. The Morgan fingerprint density at radius 1 is 0.971 bits per heavy atom. The normalized spacial score (nSPS) is 22.8. The highest BCUT2D eigenvalue weighted by Crippen LogP contribution is 2.40. The minimum Gasteiger partial charge on any atom is -0.493 e. The quantitative estimate of drug-likeness (QED) is 0.589. The number of benzene rings is 1. The summed E-state index contributed by atoms with van der Waals surface area (Å²) in [7, 11) is 0. The molecule has 1 aromatic carbocycles. The summed E-state index contributed by atoms with van der Waals surface area (Å²) in [6, 6.07) is 7.93. The highest BCUT2D eigenvalue weighted by atomic mass is 16.3. The highest BCUT2D eigenvalue weighted by Gasteiger charge is 2.31. The first-order valence-electron chi connectivity index (χ1n) is 12.5. The number of aromatic hydroxyl groups is 1. The molecule has 1 aliphatic heterocycles. The highest BCUT2D eigenvalue weighted by molar-refractivity contribution is 5.87. The lowest BCUT2D eigenvalue weighted by Crippen LogP contribution is -2.37. The van der Waals surface area contributed by atoms with Crippen LogP contribution in [0.1, 0.15) is 63.1 Å². The van der Waals surface area contributed by atoms with E-state index in [0.29, 0.717) is 23.2 Å². The second-order valence-corrected chi connectivity index (χ2v) is 9.90. The maximum absolute atomic E-state index is 12.7. The van der Waals surface area contributed by atoms with Gasteiger partial charge < -0.3 is 15.3 Å². The van der Waals surface area contributed by atoms with Crippen molar-refractivity contribution in [2.75, 3.05) is 18.4 Å². The molecule has 2 saturated carbocycles. The van der Waals surface area contributed by atoms with Crippen molar-refractivity contribution in [2.45, 2.75) is 63.3 Å². The predicted octanol–water partition coefficient (Wildman–Crippen LogP) is 4.26. The topological polar surface area (TPSA) is 104 Å². The van der Waals surface area contributed by atoms with Gasteiger partial charge in [0.25, 0.3) is 0 Å². The number of nitrogens with zero attached hydrogens (tertiary/aromatic N) is 5. The molecule has 2 aliphatic carbocycles. The van der Waals surface area contributed by atoms with Crippen LogP contribution in [0.25, 0.3) is 22.2 Å². The number of anilines is 1. The van der Waals surface area contributed by atoms with Crippen LogP contribution >= 0.6 is 0 Å². The van der Waals surface area contributed by atoms with Gasteiger partial charge in [0, 0.05) is 42.7 Å². The van der Waals surface area contributed by atoms with E-state index in [-0.39, 0.29) is 17.8 Å². The van der Waals surface area contributed by atoms with Crippen LogP contribution in [0.3, 0.4) is 0 Å². The van der Waals surface area contributed by atoms with E-state index in [4.69, 9.17) is 4.98 Å². The SMILES string of the molecule is O=C([C@H]1CC[C@H](Nc2nccc(-c3ccc4nc(C5CC5)nc(O)c4c3)n2)CC1)N1CCCC1. The van der Waals surface area contributed by atoms with Crippen LogP contribution in [-0.4, -0.2) is 55.0 Å². The third kappa shape index (κ3) is 4.29. The monoisotopic (exact) mass is 458 g/mol. The molecular weight excluding hydrogens is 428 g/mol. The average molecular weight is 459 g/mol. The molecule has 34 heavy (non-hydrogen) atoms. The Morgan fingerprint density at radius 2 is 1.76 bits per heavy atom. The van der Waals surface area contributed by atoms with E-state index in [9.17, 15) is 9.90 Å². The molecule has 2 aromatic heterocycles. The predicted molar refractivity (Wildman–Crippen MR) is 129 cm³/mol. The molecule has 0 radical (unpaired) electrons. The zero-order valence-corrected chi connectivity index (χ0v) is 19.3. The van der Waals surface area contributed by atoms with Crippen molar-refractivity contribution in [3.8, 4) is 17.1 Å². The number of hydrogen-bond acceptors (Lipinski definition) is 7. The van der Waals surface area contributed by atoms with Crippen molar-refractivity contribution < 1.29 is 9.90 Å². The van der Waals surface area contributed by atoms with Gasteiger partial charge in [-0.3, -0.25) is 4.79 Å². The minimum atomic E-state index is 0.0291. The molecule has 2 N–H and O–H groups in total. The molecule has 8 heteroatoms. The van der Waals surface area contributed by atoms with Gasteiger partial charge in [0.1, 0.15) is 5.82 Å². The second kappa shape index (κ2) is 8.81. The molecule has 0 bridgehead atoms. The number of carbonyl (C=O) groups is 1. The number of hydrogen-bond donors (Lipinski definition) is 2. The third-order valence-corrected chi connectivity index (χ3v) is 7.41. The maximum Gasteiger partial charge on any atom is 0.225 e. The van der Waals surface area contributed by atoms with E-state index < -0.39 is 0 Å². The fraction of sp³-hybridized carbons (Fsp3) is 0.500. The molecule has 0 spiro atoms. The summed E-state index contributed by atoms with van der Waals surface area (Å²) in [6.45, 7) is 1.86. The van der Waals surface area contributed by atoms with Crippen LogP contribution in [0.5, 0.6) is 5.88 Å². The molecule has 3 aromatic rings. The summed E-state index contributed by atoms with van der Waals surface area (Å²) in [5.74, 6) is 2.26. The molecule has 6 rings (SSSR count). The number of fused-ring (bicyclic) bond motifs is 1. The molecule has 8 nitrogen and oxygen atoms in total. The number of likely N-dealkylation sites (tertiary alicyclic amines) is 1. The first-order chi connectivity index (χ1) is 16.6. The van der Waals surface area contributed by atoms with Crippen LogP contribution in [-0.2, 0) is 4.79 Å². The Balaban J connectivity index is 1.14. The Kier molecular flexibility index (Phi) is 5.51. The maximum atomic E-state index is 12.7. The van der Waals surface area contributed by atoms with Gasteiger partial charge in [0.2, 0.25) is 17.7 Å². The van der Waals surface area contributed by atoms with E-state index in [2.05, 4.69) is 20.3 Å². The van der Waals surface area contributed by atoms with Gasteiger partial charge in [-0.25, -0.2) is 15.0 Å². The Labute approximate surface area is 198 Å². The third-order valence-electron chi connectivity index (χ3n) is 7.41. The van der Waals surface area contributed by atoms with Gasteiger partial charge >= 0.3 is 0 Å². The molecule has 0 unspecified atom stereocenters. The zero-order chi connectivity index (χ0) is 23.1. The number of nitrogens with one attached hydrogen (secondary N) is 1. The summed E-state index contributed by atoms with van der Waals surface area (Å²) in [5.41, 5.74) is 2.42. The fourth-order valence-corrected chi connectivity index (χ4v) is 5.27. The molecule has 0 atom stereocenters. The van der Waals surface area contributed by atoms with Crippen molar-refractivity contribution >= 4 is 22.8 Å². The largest absolute Gasteiger partial charge is 0.493 e. The molecule has 176 valence electrons. The van der Waals surface area contributed by atoms with E-state index in [1.54, 1.807) is 6.20 Å². The Morgan fingerprint density at radius 3 is 2.53 bits per heavy atom. The lowest BCUT2D eigenvalue weighted by molar-refractivity contribution is -0.135. The van der Waals surface area contributed by atoms with Gasteiger partial charge in [0.15, 0.2) is 0 Å². The lowest BCUT2D eigenvalue weighted by atomic mass is 9.85. The summed E-state index contributed by atoms with van der Waals surface area (Å²) in [6.07, 6.45) is 9.95. The van der Waals surface area contributed by atoms with Gasteiger partial charge in [-0.2, -0.15) is 4.98 Å². The van der Waals surface area contributed by atoms with E-state index in [1.165, 1.54) is 0 Å². The summed E-state index contributed by atoms with van der Waals surface area (Å²) >= 11 is 0. The fourth-order valence-electron chi connectivity index (χ4n) is 5.27. The van der Waals surface area contributed by atoms with E-state index in [1.807, 2.05) is 29.2 Å². The molecule has 3 heterocycles. The van der Waals surface area contributed by atoms with Gasteiger partial charge in [-0.1, -0.05) is 6.07 Å². The van der Waals surface area contributed by atoms with Crippen molar-refractivity contribution in [1.29, 1.82) is 0 Å². The number of amides is 1. The van der Waals surface area contributed by atoms with E-state index >= 15 is 0 Å². The van der Waals surface area contributed by atoms with Gasteiger partial charge in [-0.05, 0) is 69.6 Å². The Bertz CT molecular complexity index is 1210. The van der Waals surface area contributed by atoms with Crippen LogP contribution in [0.15, 0.2) is 30.5 Å². The summed E-state index contributed by atoms with van der Waals surface area (Å²) < 4.78 is 0. The van der Waals surface area contributed by atoms with Crippen molar-refractivity contribution in [3.05, 3.63) is 36.3 Å². The van der Waals surface area contributed by atoms with Gasteiger partial charge in [-0.15, -0.1) is 0 Å². The molecule has 3 aliphatic rings. The summed E-state index contributed by atoms with van der Waals surface area (Å²) in [4.78, 5) is 32.8. The van der Waals surface area contributed by atoms with Crippen LogP contribution in [0, 0.1) is 5.92 Å². The number of aromatic nitrogens is 4. The molecule has 1 amide bonds. The lowest BCUT2D eigenvalue weighted by Gasteiger charge is -2.30. The smallest absolute Gasteiger partial charge is 0.225 e. The van der Waals surface area contributed by atoms with E-state index in [0.717, 1.165) is 87.1 Å². The van der Waals surface area contributed by atoms with Gasteiger partial charge in [0.05, 0.1) is 16.6 Å². The Hall–Kier alpha value is -3.29. The van der Waals surface area contributed by atoms with Crippen LogP contribution in [0.2, 0.25) is 0 Å². The average Bonchev–Trinajstić information content (AvgIpc) is 3.58. The van der Waals surface area contributed by atoms with Crippen molar-refractivity contribution in [1.82, 2.24) is 24.8 Å². The molecular formula is C26H30N6O2. The zero-order valence-electron chi connectivity index (χ0n) is 19.3. The second-order valence-electron chi connectivity index (χ2n) is 9.90. The van der Waals surface area contributed by atoms with Crippen LogP contribution < -0.4 is 5.32 Å².